The van der Waals surface area contributed by atoms with Crippen molar-refractivity contribution in [3.05, 3.63) is 35.4 Å². The lowest BCUT2D eigenvalue weighted by Gasteiger charge is -2.29. The Morgan fingerprint density at radius 1 is 1.25 bits per heavy atom. The Morgan fingerprint density at radius 2 is 1.88 bits per heavy atom. The molecule has 1 rings (SSSR count). The minimum Gasteiger partial charge on any atom is -0.204 e. The van der Waals surface area contributed by atoms with Gasteiger partial charge >= 0.3 is 0 Å². The maximum Gasteiger partial charge on any atom is 0.159 e. The van der Waals surface area contributed by atoms with Gasteiger partial charge in [-0.15, -0.1) is 0 Å². The van der Waals surface area contributed by atoms with Crippen molar-refractivity contribution < 1.29 is 8.78 Å². The van der Waals surface area contributed by atoms with E-state index >= 15 is 0 Å². The van der Waals surface area contributed by atoms with E-state index in [2.05, 4.69) is 36.7 Å². The Bertz CT molecular complexity index is 361. The SMILES string of the molecule is CCC(C)(C)C(Br)Cc1ccc(F)c(F)c1. The third kappa shape index (κ3) is 3.27. The van der Waals surface area contributed by atoms with Gasteiger partial charge in [0, 0.05) is 4.83 Å². The molecule has 0 aliphatic rings. The maximum absolute atomic E-state index is 13.0. The van der Waals surface area contributed by atoms with E-state index in [1.54, 1.807) is 6.07 Å². The molecule has 0 amide bonds. The van der Waals surface area contributed by atoms with Crippen LogP contribution in [-0.2, 0) is 6.42 Å². The van der Waals surface area contributed by atoms with E-state index in [9.17, 15) is 8.78 Å². The molecular formula is C13H17BrF2. The summed E-state index contributed by atoms with van der Waals surface area (Å²) in [5, 5.41) is 0. The third-order valence-electron chi connectivity index (χ3n) is 3.16. The van der Waals surface area contributed by atoms with E-state index in [4.69, 9.17) is 0 Å². The van der Waals surface area contributed by atoms with Crippen LogP contribution in [0.15, 0.2) is 18.2 Å². The molecule has 16 heavy (non-hydrogen) atoms. The number of hydrogen-bond acceptors (Lipinski definition) is 0. The summed E-state index contributed by atoms with van der Waals surface area (Å²) in [5.41, 5.74) is 0.965. The summed E-state index contributed by atoms with van der Waals surface area (Å²) in [6.07, 6.45) is 1.74. The zero-order valence-corrected chi connectivity index (χ0v) is 11.4. The van der Waals surface area contributed by atoms with Crippen LogP contribution in [-0.4, -0.2) is 4.83 Å². The summed E-state index contributed by atoms with van der Waals surface area (Å²) in [6.45, 7) is 6.44. The minimum absolute atomic E-state index is 0.144. The first-order valence-electron chi connectivity index (χ1n) is 5.45. The average Bonchev–Trinajstić information content (AvgIpc) is 2.23. The summed E-state index contributed by atoms with van der Waals surface area (Å²) >= 11 is 3.62. The molecule has 0 spiro atoms. The number of rotatable bonds is 4. The summed E-state index contributed by atoms with van der Waals surface area (Å²) in [5.74, 6) is -1.56. The van der Waals surface area contributed by atoms with Crippen molar-refractivity contribution in [1.29, 1.82) is 0 Å². The van der Waals surface area contributed by atoms with Gasteiger partial charge in [0.1, 0.15) is 0 Å². The summed E-state index contributed by atoms with van der Waals surface area (Å²) in [7, 11) is 0. The lowest BCUT2D eigenvalue weighted by Crippen LogP contribution is -2.25. The highest BCUT2D eigenvalue weighted by molar-refractivity contribution is 9.09. The second kappa shape index (κ2) is 5.26. The van der Waals surface area contributed by atoms with Gasteiger partial charge in [0.25, 0.3) is 0 Å². The predicted molar refractivity (Wildman–Crippen MR) is 66.8 cm³/mol. The highest BCUT2D eigenvalue weighted by Gasteiger charge is 2.25. The molecule has 0 saturated carbocycles. The molecule has 0 fully saturated rings. The van der Waals surface area contributed by atoms with Gasteiger partial charge in [0.15, 0.2) is 11.6 Å². The van der Waals surface area contributed by atoms with Crippen molar-refractivity contribution in [2.24, 2.45) is 5.41 Å². The van der Waals surface area contributed by atoms with Crippen LogP contribution >= 0.6 is 15.9 Å². The van der Waals surface area contributed by atoms with Gasteiger partial charge in [0.2, 0.25) is 0 Å². The van der Waals surface area contributed by atoms with Crippen LogP contribution in [0.5, 0.6) is 0 Å². The first-order valence-corrected chi connectivity index (χ1v) is 6.36. The largest absolute Gasteiger partial charge is 0.204 e. The van der Waals surface area contributed by atoms with Crippen molar-refractivity contribution in [1.82, 2.24) is 0 Å². The zero-order chi connectivity index (χ0) is 12.3. The fourth-order valence-corrected chi connectivity index (χ4v) is 2.07. The molecule has 0 heterocycles. The standard InChI is InChI=1S/C13H17BrF2/c1-4-13(2,3)12(14)8-9-5-6-10(15)11(16)7-9/h5-7,12H,4,8H2,1-3H3. The average molecular weight is 291 g/mol. The van der Waals surface area contributed by atoms with Crippen molar-refractivity contribution in [2.75, 3.05) is 0 Å². The van der Waals surface area contributed by atoms with Gasteiger partial charge in [-0.2, -0.15) is 0 Å². The smallest absolute Gasteiger partial charge is 0.159 e. The number of halogens is 3. The van der Waals surface area contributed by atoms with Gasteiger partial charge < -0.3 is 0 Å². The molecular weight excluding hydrogens is 274 g/mol. The monoisotopic (exact) mass is 290 g/mol. The maximum atomic E-state index is 13.0. The third-order valence-corrected chi connectivity index (χ3v) is 4.72. The zero-order valence-electron chi connectivity index (χ0n) is 9.86. The Hall–Kier alpha value is -0.440. The highest BCUT2D eigenvalue weighted by atomic mass is 79.9. The Morgan fingerprint density at radius 3 is 2.38 bits per heavy atom. The summed E-state index contributed by atoms with van der Waals surface area (Å²) in [4.78, 5) is 0.259. The van der Waals surface area contributed by atoms with Crippen LogP contribution in [0.3, 0.4) is 0 Å². The molecule has 3 heteroatoms. The molecule has 1 atom stereocenters. The van der Waals surface area contributed by atoms with Crippen LogP contribution in [0.4, 0.5) is 8.78 Å². The van der Waals surface area contributed by atoms with Crippen molar-refractivity contribution >= 4 is 15.9 Å². The van der Waals surface area contributed by atoms with Gasteiger partial charge in [-0.25, -0.2) is 8.78 Å². The minimum atomic E-state index is -0.787. The molecule has 1 aromatic carbocycles. The van der Waals surface area contributed by atoms with E-state index in [1.807, 2.05) is 0 Å². The molecule has 0 bridgehead atoms. The predicted octanol–water partition coefficient (Wildman–Crippen LogP) is 4.71. The topological polar surface area (TPSA) is 0 Å². The van der Waals surface area contributed by atoms with Crippen molar-refractivity contribution in [2.45, 2.75) is 38.4 Å². The van der Waals surface area contributed by atoms with Crippen molar-refractivity contribution in [3.63, 3.8) is 0 Å². The molecule has 1 unspecified atom stereocenters. The fourth-order valence-electron chi connectivity index (χ4n) is 1.37. The molecule has 0 saturated heterocycles. The highest BCUT2D eigenvalue weighted by Crippen LogP contribution is 2.32. The van der Waals surface area contributed by atoms with Crippen LogP contribution < -0.4 is 0 Å². The molecule has 0 radical (unpaired) electrons. The van der Waals surface area contributed by atoms with Crippen LogP contribution in [0.2, 0.25) is 0 Å². The quantitative estimate of drug-likeness (QED) is 0.705. The van der Waals surface area contributed by atoms with E-state index in [1.165, 1.54) is 12.1 Å². The number of benzene rings is 1. The second-order valence-corrected chi connectivity index (χ2v) is 5.87. The van der Waals surface area contributed by atoms with Gasteiger partial charge in [-0.05, 0) is 36.0 Å². The van der Waals surface area contributed by atoms with Crippen LogP contribution in [0.25, 0.3) is 0 Å². The fraction of sp³-hybridized carbons (Fsp3) is 0.538. The van der Waals surface area contributed by atoms with E-state index in [-0.39, 0.29) is 10.2 Å². The summed E-state index contributed by atoms with van der Waals surface area (Å²) in [6, 6.07) is 4.09. The number of hydrogen-bond donors (Lipinski definition) is 0. The first-order chi connectivity index (χ1) is 7.36. The normalized spacial score (nSPS) is 13.9. The van der Waals surface area contributed by atoms with Crippen LogP contribution in [0, 0.1) is 17.0 Å². The van der Waals surface area contributed by atoms with Crippen molar-refractivity contribution in [3.8, 4) is 0 Å². The van der Waals surface area contributed by atoms with E-state index in [0.717, 1.165) is 12.0 Å². The number of alkyl halides is 1. The Labute approximate surface area is 104 Å². The molecule has 0 aliphatic heterocycles. The Balaban J connectivity index is 2.77. The second-order valence-electron chi connectivity index (χ2n) is 4.76. The lowest BCUT2D eigenvalue weighted by molar-refractivity contribution is 0.339. The Kier molecular flexibility index (Phi) is 4.48. The van der Waals surface area contributed by atoms with Gasteiger partial charge in [-0.3, -0.25) is 0 Å². The first kappa shape index (κ1) is 13.6. The van der Waals surface area contributed by atoms with E-state index in [0.29, 0.717) is 6.42 Å². The lowest BCUT2D eigenvalue weighted by atomic mass is 9.84. The van der Waals surface area contributed by atoms with Gasteiger partial charge in [0.05, 0.1) is 0 Å². The molecule has 90 valence electrons. The molecule has 1 aromatic rings. The molecule has 0 nitrogen and oxygen atoms in total. The van der Waals surface area contributed by atoms with Crippen LogP contribution in [0.1, 0.15) is 32.8 Å². The molecule has 0 aromatic heterocycles. The molecule has 0 aliphatic carbocycles. The van der Waals surface area contributed by atoms with E-state index < -0.39 is 11.6 Å². The summed E-state index contributed by atoms with van der Waals surface area (Å²) < 4.78 is 25.8. The van der Waals surface area contributed by atoms with Gasteiger partial charge in [-0.1, -0.05) is 42.8 Å². The molecule has 0 N–H and O–H groups in total.